The van der Waals surface area contributed by atoms with Crippen LogP contribution < -0.4 is 15.8 Å². The highest BCUT2D eigenvalue weighted by Crippen LogP contribution is 2.22. The topological polar surface area (TPSA) is 67.2 Å². The van der Waals surface area contributed by atoms with Crippen LogP contribution in [0, 0.1) is 11.6 Å². The lowest BCUT2D eigenvalue weighted by atomic mass is 10.1. The molecule has 1 aromatic carbocycles. The van der Waals surface area contributed by atoms with Gasteiger partial charge in [0, 0.05) is 44.2 Å². The summed E-state index contributed by atoms with van der Waals surface area (Å²) in [6.45, 7) is 1.81. The van der Waals surface area contributed by atoms with Gasteiger partial charge in [-0.25, -0.2) is 13.8 Å². The molecular formula is C21H22F2N4O2S. The first-order chi connectivity index (χ1) is 14.5. The Hall–Kier alpha value is -2.81. The number of carbonyl (C=O) groups is 1. The third kappa shape index (κ3) is 4.35. The minimum Gasteiger partial charge on any atom is -0.352 e. The number of anilines is 1. The van der Waals surface area contributed by atoms with Crippen LogP contribution in [0.15, 0.2) is 34.4 Å². The van der Waals surface area contributed by atoms with Crippen LogP contribution in [0.2, 0.25) is 0 Å². The first-order valence-electron chi connectivity index (χ1n) is 9.96. The number of nitrogens with zero attached hydrogens (tertiary/aromatic N) is 3. The quantitative estimate of drug-likeness (QED) is 0.648. The van der Waals surface area contributed by atoms with Crippen molar-refractivity contribution >= 4 is 33.4 Å². The van der Waals surface area contributed by atoms with Crippen LogP contribution in [-0.4, -0.2) is 28.5 Å². The van der Waals surface area contributed by atoms with Crippen LogP contribution in [0.1, 0.15) is 31.2 Å². The first kappa shape index (κ1) is 20.5. The minimum absolute atomic E-state index is 0.0406. The van der Waals surface area contributed by atoms with Crippen molar-refractivity contribution in [1.29, 1.82) is 0 Å². The van der Waals surface area contributed by atoms with Crippen LogP contribution >= 0.6 is 11.3 Å². The number of halogens is 2. The fraction of sp³-hybridized carbons (Fsp3) is 0.381. The number of thiophene rings is 1. The summed E-state index contributed by atoms with van der Waals surface area (Å²) in [5, 5.41) is 4.47. The second-order valence-electron chi connectivity index (χ2n) is 7.31. The van der Waals surface area contributed by atoms with Crippen molar-refractivity contribution in [2.45, 2.75) is 38.8 Å². The van der Waals surface area contributed by atoms with Crippen LogP contribution in [-0.2, 0) is 17.9 Å². The summed E-state index contributed by atoms with van der Waals surface area (Å²) in [6.07, 6.45) is 3.30. The van der Waals surface area contributed by atoms with Crippen molar-refractivity contribution in [2.75, 3.05) is 18.0 Å². The number of fused-ring (bicyclic) bond motifs is 1. The molecule has 1 amide bonds. The predicted molar refractivity (Wildman–Crippen MR) is 113 cm³/mol. The number of hydrogen-bond donors (Lipinski definition) is 1. The van der Waals surface area contributed by atoms with E-state index >= 15 is 0 Å². The van der Waals surface area contributed by atoms with Crippen molar-refractivity contribution in [3.63, 3.8) is 0 Å². The lowest BCUT2D eigenvalue weighted by Crippen LogP contribution is -2.37. The molecule has 4 rings (SSSR count). The molecule has 30 heavy (non-hydrogen) atoms. The van der Waals surface area contributed by atoms with Crippen molar-refractivity contribution in [2.24, 2.45) is 0 Å². The SMILES string of the molecule is O=C(CCn1c(N2CCCCC2)nc2ccsc2c1=O)NCc1ccc(F)cc1F. The average Bonchev–Trinajstić information content (AvgIpc) is 3.22. The summed E-state index contributed by atoms with van der Waals surface area (Å²) in [5.41, 5.74) is 0.739. The van der Waals surface area contributed by atoms with E-state index in [1.54, 1.807) is 4.57 Å². The molecule has 1 aliphatic heterocycles. The highest BCUT2D eigenvalue weighted by molar-refractivity contribution is 7.17. The maximum atomic E-state index is 13.7. The van der Waals surface area contributed by atoms with Crippen LogP contribution in [0.25, 0.3) is 10.2 Å². The van der Waals surface area contributed by atoms with Gasteiger partial charge >= 0.3 is 0 Å². The monoisotopic (exact) mass is 432 g/mol. The third-order valence-corrected chi connectivity index (χ3v) is 6.13. The number of amides is 1. The van der Waals surface area contributed by atoms with Crippen molar-refractivity contribution in [1.82, 2.24) is 14.9 Å². The number of benzene rings is 1. The second-order valence-corrected chi connectivity index (χ2v) is 8.23. The Labute approximate surface area is 176 Å². The number of carbonyl (C=O) groups excluding carboxylic acids is 1. The van der Waals surface area contributed by atoms with Crippen LogP contribution in [0.5, 0.6) is 0 Å². The van der Waals surface area contributed by atoms with Gasteiger partial charge in [-0.2, -0.15) is 0 Å². The van der Waals surface area contributed by atoms with Gasteiger partial charge in [0.2, 0.25) is 11.9 Å². The summed E-state index contributed by atoms with van der Waals surface area (Å²) in [4.78, 5) is 32.1. The van der Waals surface area contributed by atoms with Gasteiger partial charge in [-0.15, -0.1) is 11.3 Å². The second kappa shape index (κ2) is 8.91. The molecule has 3 heterocycles. The predicted octanol–water partition coefficient (Wildman–Crippen LogP) is 3.43. The smallest absolute Gasteiger partial charge is 0.272 e. The molecule has 1 aliphatic rings. The van der Waals surface area contributed by atoms with E-state index in [4.69, 9.17) is 4.98 Å². The number of aromatic nitrogens is 2. The molecule has 1 fully saturated rings. The van der Waals surface area contributed by atoms with Gasteiger partial charge in [-0.3, -0.25) is 14.2 Å². The number of piperidine rings is 1. The summed E-state index contributed by atoms with van der Waals surface area (Å²) in [6, 6.07) is 5.08. The number of rotatable bonds is 6. The Morgan fingerprint density at radius 3 is 2.73 bits per heavy atom. The lowest BCUT2D eigenvalue weighted by Gasteiger charge is -2.29. The van der Waals surface area contributed by atoms with Crippen LogP contribution in [0.4, 0.5) is 14.7 Å². The molecule has 0 aliphatic carbocycles. The Bertz CT molecular complexity index is 1120. The number of hydrogen-bond acceptors (Lipinski definition) is 5. The highest BCUT2D eigenvalue weighted by Gasteiger charge is 2.20. The molecule has 0 spiro atoms. The van der Waals surface area contributed by atoms with Crippen LogP contribution in [0.3, 0.4) is 0 Å². The third-order valence-electron chi connectivity index (χ3n) is 5.24. The molecule has 6 nitrogen and oxygen atoms in total. The van der Waals surface area contributed by atoms with Crippen molar-refractivity contribution < 1.29 is 13.6 Å². The van der Waals surface area contributed by atoms with Gasteiger partial charge in [0.1, 0.15) is 16.3 Å². The van der Waals surface area contributed by atoms with Crippen molar-refractivity contribution in [3.05, 3.63) is 57.2 Å². The Balaban J connectivity index is 1.49. The molecule has 158 valence electrons. The zero-order valence-corrected chi connectivity index (χ0v) is 17.2. The van der Waals surface area contributed by atoms with E-state index in [1.165, 1.54) is 17.4 Å². The number of nitrogens with one attached hydrogen (secondary N) is 1. The zero-order valence-electron chi connectivity index (χ0n) is 16.4. The van der Waals surface area contributed by atoms with Gasteiger partial charge in [-0.1, -0.05) is 6.07 Å². The largest absolute Gasteiger partial charge is 0.352 e. The molecule has 3 aromatic rings. The maximum Gasteiger partial charge on any atom is 0.272 e. The van der Waals surface area contributed by atoms with Gasteiger partial charge in [0.05, 0.1) is 5.52 Å². The van der Waals surface area contributed by atoms with Crippen molar-refractivity contribution in [3.8, 4) is 0 Å². The van der Waals surface area contributed by atoms with E-state index in [0.717, 1.165) is 44.5 Å². The molecule has 2 aromatic heterocycles. The van der Waals surface area contributed by atoms with E-state index in [2.05, 4.69) is 10.2 Å². The minimum atomic E-state index is -0.703. The highest BCUT2D eigenvalue weighted by atomic mass is 32.1. The summed E-state index contributed by atoms with van der Waals surface area (Å²) < 4.78 is 28.9. The van der Waals surface area contributed by atoms with E-state index < -0.39 is 11.6 Å². The molecule has 1 N–H and O–H groups in total. The summed E-state index contributed by atoms with van der Waals surface area (Å²) >= 11 is 1.34. The molecule has 9 heteroatoms. The molecule has 0 radical (unpaired) electrons. The Morgan fingerprint density at radius 2 is 1.97 bits per heavy atom. The van der Waals surface area contributed by atoms with E-state index in [0.29, 0.717) is 16.2 Å². The van der Waals surface area contributed by atoms with Gasteiger partial charge in [-0.05, 0) is 36.8 Å². The lowest BCUT2D eigenvalue weighted by molar-refractivity contribution is -0.121. The Morgan fingerprint density at radius 1 is 1.17 bits per heavy atom. The summed E-state index contributed by atoms with van der Waals surface area (Å²) in [7, 11) is 0. The standard InChI is InChI=1S/C21H22F2N4O2S/c22-15-5-4-14(16(23)12-15)13-24-18(28)6-10-27-20(29)19-17(7-11-30-19)25-21(27)26-8-2-1-3-9-26/h4-5,7,11-12H,1-3,6,8-10,13H2,(H,24,28). The fourth-order valence-electron chi connectivity index (χ4n) is 3.63. The van der Waals surface area contributed by atoms with E-state index in [-0.39, 0.29) is 36.5 Å². The van der Waals surface area contributed by atoms with Gasteiger partial charge in [0.25, 0.3) is 5.56 Å². The van der Waals surface area contributed by atoms with Gasteiger partial charge in [0.15, 0.2) is 0 Å². The molecular weight excluding hydrogens is 410 g/mol. The normalized spacial score (nSPS) is 14.3. The van der Waals surface area contributed by atoms with E-state index in [9.17, 15) is 18.4 Å². The Kier molecular flexibility index (Phi) is 6.08. The maximum absolute atomic E-state index is 13.7. The molecule has 0 atom stereocenters. The van der Waals surface area contributed by atoms with E-state index in [1.807, 2.05) is 11.4 Å². The molecule has 0 saturated carbocycles. The fourth-order valence-corrected chi connectivity index (χ4v) is 4.41. The first-order valence-corrected chi connectivity index (χ1v) is 10.8. The molecule has 0 bridgehead atoms. The average molecular weight is 432 g/mol. The van der Waals surface area contributed by atoms with Gasteiger partial charge < -0.3 is 10.2 Å². The summed E-state index contributed by atoms with van der Waals surface area (Å²) in [5.74, 6) is -1.08. The molecule has 1 saturated heterocycles. The zero-order chi connectivity index (χ0) is 21.1. The molecule has 0 unspecified atom stereocenters.